The minimum atomic E-state index is -4.81. The number of amides is 3. The molecule has 2 saturated carbocycles. The number of hydrogen-bond acceptors (Lipinski definition) is 7. The number of nitrogens with two attached hydrogens (primary N) is 1. The molecule has 2 aliphatic rings. The Morgan fingerprint density at radius 2 is 0.881 bits per heavy atom. The summed E-state index contributed by atoms with van der Waals surface area (Å²) in [6.07, 6.45) is -2.70. The molecule has 2 aliphatic carbocycles. The molecule has 0 unspecified atom stereocenters. The summed E-state index contributed by atoms with van der Waals surface area (Å²) in [6.45, 7) is 6.18. The molecule has 17 heteroatoms. The maximum Gasteiger partial charge on any atom is 1.00 e. The molecule has 67 heavy (non-hydrogen) atoms. The van der Waals surface area contributed by atoms with Gasteiger partial charge in [-0.15, -0.1) is 0 Å². The molecule has 0 heterocycles. The molecule has 0 aliphatic heterocycles. The van der Waals surface area contributed by atoms with Crippen LogP contribution >= 0.6 is 0 Å². The maximum atomic E-state index is 13.1. The number of benzene rings is 4. The molecule has 0 bridgehead atoms. The van der Waals surface area contributed by atoms with Crippen molar-refractivity contribution in [2.45, 2.75) is 127 Å². The van der Waals surface area contributed by atoms with Crippen LogP contribution in [0.5, 0.6) is 0 Å². The molecule has 0 aromatic heterocycles. The first kappa shape index (κ1) is 57.2. The Balaban J connectivity index is 0.000000345. The topological polar surface area (TPSA) is 178 Å². The number of carbonyl (C=O) groups is 3. The molecule has 356 valence electrons. The van der Waals surface area contributed by atoms with Gasteiger partial charge < -0.3 is 31.2 Å². The van der Waals surface area contributed by atoms with Gasteiger partial charge in [0.2, 0.25) is 5.91 Å². The zero-order chi connectivity index (χ0) is 47.9. The van der Waals surface area contributed by atoms with Crippen molar-refractivity contribution in [1.29, 1.82) is 5.26 Å². The molecule has 0 spiro atoms. The first-order chi connectivity index (χ1) is 30.5. The third kappa shape index (κ3) is 13.6. The van der Waals surface area contributed by atoms with Crippen molar-refractivity contribution in [1.82, 2.24) is 9.80 Å². The maximum absolute atomic E-state index is 13.1. The molecule has 2 atom stereocenters. The molecule has 4 aromatic carbocycles. The van der Waals surface area contributed by atoms with Crippen LogP contribution in [0.3, 0.4) is 0 Å². The Kier molecular flexibility index (Phi) is 20.4. The Morgan fingerprint density at radius 1 is 0.582 bits per heavy atom. The van der Waals surface area contributed by atoms with Gasteiger partial charge in [-0.1, -0.05) is 48.5 Å². The molecule has 4 aromatic rings. The van der Waals surface area contributed by atoms with E-state index in [1.807, 2.05) is 50.2 Å². The largest absolute Gasteiger partial charge is 1.00 e. The smallest absolute Gasteiger partial charge is 0.870 e. The monoisotopic (exact) mass is 962 g/mol. The molecule has 6 rings (SSSR count). The van der Waals surface area contributed by atoms with Gasteiger partial charge >= 0.3 is 63.7 Å². The number of nitrogens with zero attached hydrogens (tertiary/aromatic N) is 3. The average Bonchev–Trinajstić information content (AvgIpc) is 3.29. The number of nitriles is 1. The molecule has 3 amide bonds. The van der Waals surface area contributed by atoms with Crippen LogP contribution in [0, 0.1) is 11.3 Å². The summed E-state index contributed by atoms with van der Waals surface area (Å²) in [6, 6.07) is 27.2. The van der Waals surface area contributed by atoms with Crippen LogP contribution in [0.1, 0.15) is 150 Å². The van der Waals surface area contributed by atoms with Crippen molar-refractivity contribution in [2.24, 2.45) is 5.73 Å². The zero-order valence-electron chi connectivity index (χ0n) is 38.4. The van der Waals surface area contributed by atoms with Crippen LogP contribution in [0.4, 0.5) is 26.3 Å². The summed E-state index contributed by atoms with van der Waals surface area (Å²) in [5.41, 5.74) is 2.78. The Hall–Kier alpha value is -4.12. The van der Waals surface area contributed by atoms with Crippen molar-refractivity contribution in [3.8, 4) is 6.07 Å². The van der Waals surface area contributed by atoms with E-state index in [9.17, 15) is 50.9 Å². The van der Waals surface area contributed by atoms with Crippen LogP contribution in [-0.2, 0) is 11.2 Å². The Bertz CT molecular complexity index is 2280. The third-order valence-corrected chi connectivity index (χ3v) is 13.1. The van der Waals surface area contributed by atoms with Gasteiger partial charge in [0.15, 0.2) is 11.2 Å². The second-order valence-corrected chi connectivity index (χ2v) is 17.2. The van der Waals surface area contributed by atoms with E-state index in [0.29, 0.717) is 61.0 Å². The van der Waals surface area contributed by atoms with Crippen LogP contribution in [0.25, 0.3) is 0 Å². The second-order valence-electron chi connectivity index (χ2n) is 17.2. The van der Waals surface area contributed by atoms with Gasteiger partial charge in [-0.25, -0.2) is 0 Å². The van der Waals surface area contributed by atoms with E-state index in [1.54, 1.807) is 21.9 Å². The summed E-state index contributed by atoms with van der Waals surface area (Å²) >= 11 is 0. The number of halogens is 6. The predicted molar refractivity (Wildman–Crippen MR) is 236 cm³/mol. The van der Waals surface area contributed by atoms with Gasteiger partial charge in [0.25, 0.3) is 11.8 Å². The summed E-state index contributed by atoms with van der Waals surface area (Å²) in [7, 11) is 0. The van der Waals surface area contributed by atoms with Gasteiger partial charge in [-0.05, 0) is 162 Å². The first-order valence-corrected chi connectivity index (χ1v) is 21.8. The van der Waals surface area contributed by atoms with E-state index < -0.39 is 29.5 Å². The van der Waals surface area contributed by atoms with E-state index in [4.69, 9.17) is 11.0 Å². The zero-order valence-corrected chi connectivity index (χ0v) is 41.5. The number of alkyl halides is 6. The summed E-state index contributed by atoms with van der Waals surface area (Å²) in [5.74, 6) is -0.188. The molecule has 0 radical (unpaired) electrons. The van der Waals surface area contributed by atoms with Gasteiger partial charge in [0.05, 0.1) is 11.6 Å². The molecule has 5 N–H and O–H groups in total. The van der Waals surface area contributed by atoms with Gasteiger partial charge in [0, 0.05) is 41.9 Å². The minimum absolute atomic E-state index is 0. The fraction of sp³-hybridized carbons (Fsp3) is 0.440. The number of aliphatic hydroxyl groups is 2. The van der Waals surface area contributed by atoms with Crippen molar-refractivity contribution in [3.63, 3.8) is 0 Å². The summed E-state index contributed by atoms with van der Waals surface area (Å²) < 4.78 is 78.4. The van der Waals surface area contributed by atoms with E-state index >= 15 is 0 Å². The second kappa shape index (κ2) is 23.9. The summed E-state index contributed by atoms with van der Waals surface area (Å²) in [4.78, 5) is 41.0. The Morgan fingerprint density at radius 3 is 1.15 bits per heavy atom. The van der Waals surface area contributed by atoms with Gasteiger partial charge in [-0.3, -0.25) is 14.4 Å². The standard InChI is InChI=1S/C25H29F3N2O3.C25H27F3N2O2.K.H2O/c1-3-30(23(32)19-8-12-20(13-9-19)24(2,33)25(26,27)28)21-14-10-17(11-15-21)16-4-6-18(7-5-16)22(29)31;1-3-30(22-14-10-19(11-15-22)18-6-4-17(16-29)5-7-18)23(31)20-8-12-21(13-9-20)24(2,32)25(26,27)28;;/h4-9,12-13,17,21,33H,3,10-11,14-15H2,1-2H3,(H2,29,31);4-9,12-13,19,22,32H,3,10-11,14-15H2,1-2H3;;1H2/q;;+1;/p-1/t17?,21?,24-;19?,22?,24-;;/m00../s1. The fourth-order valence-corrected chi connectivity index (χ4v) is 8.86. The minimum Gasteiger partial charge on any atom is -0.870 e. The normalized spacial score (nSPS) is 20.1. The van der Waals surface area contributed by atoms with Crippen molar-refractivity contribution in [3.05, 3.63) is 142 Å². The average molecular weight is 963 g/mol. The van der Waals surface area contributed by atoms with Crippen LogP contribution in [-0.4, -0.2) is 80.7 Å². The summed E-state index contributed by atoms with van der Waals surface area (Å²) in [5, 5.41) is 28.6. The molecule has 10 nitrogen and oxygen atoms in total. The Labute approximate surface area is 430 Å². The molecule has 2 fully saturated rings. The number of carbonyl (C=O) groups excluding carboxylic acids is 3. The van der Waals surface area contributed by atoms with Gasteiger partial charge in [0.1, 0.15) is 0 Å². The molecular weight excluding hydrogens is 906 g/mol. The molecular formula is C50H57F6KN4O6. The van der Waals surface area contributed by atoms with Crippen molar-refractivity contribution < 1.29 is 108 Å². The number of hydrogen-bond donors (Lipinski definition) is 3. The van der Waals surface area contributed by atoms with E-state index in [1.165, 1.54) is 29.8 Å². The van der Waals surface area contributed by atoms with Crippen molar-refractivity contribution >= 4 is 17.7 Å². The van der Waals surface area contributed by atoms with E-state index in [2.05, 4.69) is 6.07 Å². The SMILES string of the molecule is CCN(C(=O)c1ccc([C@](C)(O)C(F)(F)F)cc1)C1CCC(c2ccc(C#N)cc2)CC1.CCN(C(=O)c1ccc([C@](C)(O)C(F)(F)F)cc1)C1CCC(c2ccc(C(N)=O)cc2)CC1.[K+].[OH-]. The van der Waals surface area contributed by atoms with E-state index in [-0.39, 0.29) is 91.9 Å². The third-order valence-electron chi connectivity index (χ3n) is 13.1. The first-order valence-electron chi connectivity index (χ1n) is 21.8. The van der Waals surface area contributed by atoms with Crippen LogP contribution in [0.2, 0.25) is 0 Å². The quantitative estimate of drug-likeness (QED) is 0.106. The van der Waals surface area contributed by atoms with Crippen LogP contribution < -0.4 is 57.1 Å². The fourth-order valence-electron chi connectivity index (χ4n) is 8.86. The van der Waals surface area contributed by atoms with E-state index in [0.717, 1.165) is 81.2 Å². The van der Waals surface area contributed by atoms with Gasteiger partial charge in [-0.2, -0.15) is 31.6 Å². The predicted octanol–water partition coefficient (Wildman–Crippen LogP) is 7.09. The molecule has 0 saturated heterocycles. The van der Waals surface area contributed by atoms with Crippen molar-refractivity contribution in [2.75, 3.05) is 13.1 Å². The van der Waals surface area contributed by atoms with Crippen LogP contribution in [0.15, 0.2) is 97.1 Å². The number of primary amides is 1. The number of rotatable bonds is 11.